The van der Waals surface area contributed by atoms with Crippen molar-refractivity contribution in [3.8, 4) is 11.6 Å². The molecule has 1 aliphatic rings. The number of ether oxygens (including phenoxy) is 1. The third-order valence-electron chi connectivity index (χ3n) is 5.12. The number of rotatable bonds is 7. The van der Waals surface area contributed by atoms with Crippen LogP contribution >= 0.6 is 0 Å². The minimum absolute atomic E-state index is 0.0757. The van der Waals surface area contributed by atoms with E-state index in [4.69, 9.17) is 14.1 Å². The average molecular weight is 443 g/mol. The van der Waals surface area contributed by atoms with Crippen molar-refractivity contribution in [1.29, 1.82) is 0 Å². The van der Waals surface area contributed by atoms with E-state index in [9.17, 15) is 4.79 Å². The number of methoxy groups -OCH3 is 1. The number of hydrogen-bond donors (Lipinski definition) is 2. The first-order valence-corrected chi connectivity index (χ1v) is 10.4. The van der Waals surface area contributed by atoms with E-state index in [-0.39, 0.29) is 17.8 Å². The van der Waals surface area contributed by atoms with E-state index >= 15 is 0 Å². The van der Waals surface area contributed by atoms with Crippen molar-refractivity contribution in [3.05, 3.63) is 78.0 Å². The molecule has 0 saturated heterocycles. The fraction of sp³-hybridized carbons (Fsp3) is 0.174. The molecule has 2 aromatic carbocycles. The van der Waals surface area contributed by atoms with E-state index in [2.05, 4.69) is 25.9 Å². The highest BCUT2D eigenvalue weighted by atomic mass is 16.5. The number of hydrogen-bond acceptors (Lipinski definition) is 8. The molecule has 3 heterocycles. The third-order valence-corrected chi connectivity index (χ3v) is 5.12. The Morgan fingerprint density at radius 1 is 1.09 bits per heavy atom. The lowest BCUT2D eigenvalue weighted by Crippen LogP contribution is -2.32. The van der Waals surface area contributed by atoms with Crippen molar-refractivity contribution in [1.82, 2.24) is 20.0 Å². The predicted molar refractivity (Wildman–Crippen MR) is 122 cm³/mol. The summed E-state index contributed by atoms with van der Waals surface area (Å²) in [4.78, 5) is 17.7. The first kappa shape index (κ1) is 20.6. The first-order valence-electron chi connectivity index (χ1n) is 10.4. The molecule has 10 heteroatoms. The van der Waals surface area contributed by atoms with Crippen LogP contribution in [0, 0.1) is 0 Å². The van der Waals surface area contributed by atoms with Gasteiger partial charge in [-0.05, 0) is 12.1 Å². The lowest BCUT2D eigenvalue weighted by Gasteiger charge is -2.11. The molecule has 0 saturated carbocycles. The van der Waals surface area contributed by atoms with Crippen molar-refractivity contribution in [3.63, 3.8) is 0 Å². The summed E-state index contributed by atoms with van der Waals surface area (Å²) in [5, 5.41) is 18.3. The number of benzodiazepines with no additional fused rings is 1. The number of carbonyl (C=O) groups excluding carboxylic acids is 1. The van der Waals surface area contributed by atoms with E-state index in [1.54, 1.807) is 24.1 Å². The fourth-order valence-corrected chi connectivity index (χ4v) is 3.55. The molecule has 33 heavy (non-hydrogen) atoms. The highest BCUT2D eigenvalue weighted by molar-refractivity contribution is 6.19. The number of aromatic nitrogens is 4. The maximum absolute atomic E-state index is 13.0. The second kappa shape index (κ2) is 9.05. The van der Waals surface area contributed by atoms with E-state index in [0.717, 1.165) is 11.1 Å². The van der Waals surface area contributed by atoms with Gasteiger partial charge in [0.2, 0.25) is 6.17 Å². The van der Waals surface area contributed by atoms with Gasteiger partial charge in [0.25, 0.3) is 11.8 Å². The Labute approximate surface area is 189 Å². The normalized spacial score (nSPS) is 15.4. The van der Waals surface area contributed by atoms with Crippen LogP contribution in [0.5, 0.6) is 0 Å². The molecular formula is C23H21N7O3. The fourth-order valence-electron chi connectivity index (χ4n) is 3.55. The molecule has 2 aromatic heterocycles. The Morgan fingerprint density at radius 2 is 1.91 bits per heavy atom. The zero-order valence-corrected chi connectivity index (χ0v) is 17.8. The Hall–Kier alpha value is -4.31. The highest BCUT2D eigenvalue weighted by Gasteiger charge is 2.27. The maximum atomic E-state index is 13.0. The molecular weight excluding hydrogens is 422 g/mol. The average Bonchev–Trinajstić information content (AvgIpc) is 3.47. The van der Waals surface area contributed by atoms with Crippen molar-refractivity contribution in [2.45, 2.75) is 12.7 Å². The van der Waals surface area contributed by atoms with E-state index in [1.165, 1.54) is 0 Å². The van der Waals surface area contributed by atoms with E-state index < -0.39 is 6.17 Å². The number of nitrogens with zero attached hydrogens (tertiary/aromatic N) is 5. The smallest absolute Gasteiger partial charge is 0.317 e. The van der Waals surface area contributed by atoms with Crippen LogP contribution in [0.25, 0.3) is 11.6 Å². The van der Waals surface area contributed by atoms with Crippen molar-refractivity contribution >= 4 is 23.3 Å². The summed E-state index contributed by atoms with van der Waals surface area (Å²) < 4.78 is 12.6. The Bertz CT molecular complexity index is 1300. The minimum atomic E-state index is -0.973. The molecule has 1 amide bonds. The molecule has 10 nitrogen and oxygen atoms in total. The van der Waals surface area contributed by atoms with Crippen LogP contribution in [0.15, 0.2) is 76.3 Å². The molecule has 1 aliphatic heterocycles. The zero-order valence-electron chi connectivity index (χ0n) is 17.8. The largest absolute Gasteiger partial charge is 0.402 e. The topological polar surface area (TPSA) is 119 Å². The first-order chi connectivity index (χ1) is 16.2. The quantitative estimate of drug-likeness (QED) is 0.451. The number of benzene rings is 2. The van der Waals surface area contributed by atoms with E-state index in [1.807, 2.05) is 54.6 Å². The second-order valence-electron chi connectivity index (χ2n) is 7.27. The number of anilines is 2. The van der Waals surface area contributed by atoms with Crippen LogP contribution in [0.4, 0.5) is 11.7 Å². The summed E-state index contributed by atoms with van der Waals surface area (Å²) in [7, 11) is 1.62. The summed E-state index contributed by atoms with van der Waals surface area (Å²) in [6.07, 6.45) is 0.675. The molecule has 0 spiro atoms. The number of para-hydroxylation sites is 1. The SMILES string of the molecule is COCCn1nccc1-c1nnc(N[C@H]2N=C(c3ccccc3)c3ccccc3NC2=O)o1. The third kappa shape index (κ3) is 4.23. The van der Waals surface area contributed by atoms with Crippen molar-refractivity contribution < 1.29 is 13.9 Å². The van der Waals surface area contributed by atoms with Gasteiger partial charge in [0.05, 0.1) is 24.6 Å². The summed E-state index contributed by atoms with van der Waals surface area (Å²) in [5.74, 6) is -0.0612. The molecule has 4 aromatic rings. The number of fused-ring (bicyclic) bond motifs is 1. The van der Waals surface area contributed by atoms with Crippen LogP contribution in [-0.4, -0.2) is 51.5 Å². The predicted octanol–water partition coefficient (Wildman–Crippen LogP) is 2.81. The van der Waals surface area contributed by atoms with Gasteiger partial charge in [0.15, 0.2) is 0 Å². The molecule has 0 aliphatic carbocycles. The van der Waals surface area contributed by atoms with Gasteiger partial charge < -0.3 is 19.8 Å². The number of carbonyl (C=O) groups is 1. The molecule has 166 valence electrons. The number of aliphatic imine (C=N–C) groups is 1. The molecule has 5 rings (SSSR count). The molecule has 1 atom stereocenters. The Morgan fingerprint density at radius 3 is 2.76 bits per heavy atom. The maximum Gasteiger partial charge on any atom is 0.317 e. The van der Waals surface area contributed by atoms with Crippen LogP contribution in [-0.2, 0) is 16.1 Å². The van der Waals surface area contributed by atoms with Crippen molar-refractivity contribution in [2.24, 2.45) is 4.99 Å². The Balaban J connectivity index is 1.45. The van der Waals surface area contributed by atoms with Crippen LogP contribution in [0.1, 0.15) is 11.1 Å². The highest BCUT2D eigenvalue weighted by Crippen LogP contribution is 2.25. The standard InChI is InChI=1S/C23H21N7O3/c1-32-14-13-30-18(11-12-24-30)22-28-29-23(33-22)27-20-21(31)25-17-10-6-5-9-16(17)19(26-20)15-7-3-2-4-8-15/h2-12,20H,13-14H2,1H3,(H,25,31)(H,27,29)/t20-/m1/s1. The molecule has 0 radical (unpaired) electrons. The second-order valence-corrected chi connectivity index (χ2v) is 7.27. The lowest BCUT2D eigenvalue weighted by molar-refractivity contribution is -0.116. The van der Waals surface area contributed by atoms with Crippen LogP contribution in [0.2, 0.25) is 0 Å². The van der Waals surface area contributed by atoms with Gasteiger partial charge in [0.1, 0.15) is 5.69 Å². The number of amides is 1. The van der Waals surface area contributed by atoms with Crippen LogP contribution in [0.3, 0.4) is 0 Å². The zero-order chi connectivity index (χ0) is 22.6. The van der Waals surface area contributed by atoms with Crippen LogP contribution < -0.4 is 10.6 Å². The molecule has 0 bridgehead atoms. The lowest BCUT2D eigenvalue weighted by atomic mass is 10.0. The van der Waals surface area contributed by atoms with Gasteiger partial charge >= 0.3 is 6.01 Å². The molecule has 0 fully saturated rings. The molecule has 0 unspecified atom stereocenters. The van der Waals surface area contributed by atoms with Gasteiger partial charge in [-0.15, -0.1) is 5.10 Å². The van der Waals surface area contributed by atoms with Gasteiger partial charge in [-0.1, -0.05) is 53.6 Å². The van der Waals surface area contributed by atoms with Gasteiger partial charge in [-0.3, -0.25) is 9.48 Å². The summed E-state index contributed by atoms with van der Waals surface area (Å²) >= 11 is 0. The van der Waals surface area contributed by atoms with Gasteiger partial charge in [0, 0.05) is 24.4 Å². The summed E-state index contributed by atoms with van der Waals surface area (Å²) in [6, 6.07) is 19.1. The van der Waals surface area contributed by atoms with Gasteiger partial charge in [-0.25, -0.2) is 4.99 Å². The minimum Gasteiger partial charge on any atom is -0.402 e. The monoisotopic (exact) mass is 443 g/mol. The summed E-state index contributed by atoms with van der Waals surface area (Å²) in [6.45, 7) is 1.03. The summed E-state index contributed by atoms with van der Waals surface area (Å²) in [5.41, 5.74) is 3.73. The number of nitrogens with one attached hydrogen (secondary N) is 2. The van der Waals surface area contributed by atoms with E-state index in [0.29, 0.717) is 30.2 Å². The van der Waals surface area contributed by atoms with Gasteiger partial charge in [-0.2, -0.15) is 5.10 Å². The van der Waals surface area contributed by atoms with Crippen molar-refractivity contribution in [2.75, 3.05) is 24.4 Å². The molecule has 2 N–H and O–H groups in total. The Kier molecular flexibility index (Phi) is 5.64.